The van der Waals surface area contributed by atoms with Crippen molar-refractivity contribution >= 4 is 48.8 Å². The number of ether oxygens (including phenoxy) is 39. The molecule has 7 aliphatic heterocycles. The molecule has 10 aliphatic rings. The zero-order valence-electron chi connectivity index (χ0n) is 90.9. The number of aliphatic hydroxyl groups is 5. The molecular formula is C95H179N3O44S4. The van der Waals surface area contributed by atoms with Crippen LogP contribution in [0.5, 0.6) is 0 Å². The molecule has 10 fully saturated rings. The lowest BCUT2D eigenvalue weighted by atomic mass is 9.69. The fourth-order valence-electron chi connectivity index (χ4n) is 23.1. The lowest BCUT2D eigenvalue weighted by Gasteiger charge is -2.56. The fraction of sp³-hybridized carbons (Fsp3) is 1.00. The summed E-state index contributed by atoms with van der Waals surface area (Å²) in [5, 5.41) is 67.7. The molecule has 47 nitrogen and oxygen atoms in total. The monoisotopic (exact) mass is 2190 g/mol. The summed E-state index contributed by atoms with van der Waals surface area (Å²) in [6.45, 7) is 7.17. The molecule has 7 saturated heterocycles. The van der Waals surface area contributed by atoms with Crippen molar-refractivity contribution in [2.75, 3.05) is 301 Å². The van der Waals surface area contributed by atoms with Gasteiger partial charge in [-0.15, -0.1) is 0 Å². The van der Waals surface area contributed by atoms with Crippen LogP contribution in [-0.4, -0.2) is 605 Å². The molecule has 0 aromatic rings. The number of nitrogens with one attached hydrogen (secondary N) is 3. The summed E-state index contributed by atoms with van der Waals surface area (Å²) >= 11 is 10.8. The van der Waals surface area contributed by atoms with Crippen molar-refractivity contribution in [2.24, 2.45) is 11.8 Å². The lowest BCUT2D eigenvalue weighted by Crippen LogP contribution is -2.77. The van der Waals surface area contributed by atoms with Gasteiger partial charge >= 0.3 is 0 Å². The number of thiol groups is 2. The smallest absolute Gasteiger partial charge is 0.187 e. The first kappa shape index (κ1) is 131. The highest BCUT2D eigenvalue weighted by Gasteiger charge is 2.74. The Labute approximate surface area is 882 Å². The van der Waals surface area contributed by atoms with E-state index < -0.39 is 272 Å². The van der Waals surface area contributed by atoms with E-state index in [1.807, 2.05) is 20.8 Å². The number of rotatable bonds is 60. The van der Waals surface area contributed by atoms with Crippen LogP contribution >= 0.6 is 48.8 Å². The van der Waals surface area contributed by atoms with Crippen LogP contribution in [0.15, 0.2) is 0 Å². The normalized spacial score (nSPS) is 43.6. The van der Waals surface area contributed by atoms with Gasteiger partial charge in [0.2, 0.25) is 0 Å². The van der Waals surface area contributed by atoms with Gasteiger partial charge in [-0.1, -0.05) is 0 Å². The summed E-state index contributed by atoms with van der Waals surface area (Å²) in [5.41, 5.74) is -4.11. The van der Waals surface area contributed by atoms with Crippen LogP contribution < -0.4 is 16.0 Å². The third-order valence-electron chi connectivity index (χ3n) is 29.8. The predicted molar refractivity (Wildman–Crippen MR) is 534 cm³/mol. The van der Waals surface area contributed by atoms with Gasteiger partial charge < -0.3 is 226 Å². The average Bonchev–Trinajstić information content (AvgIpc) is 1.52. The van der Waals surface area contributed by atoms with E-state index in [2.05, 4.69) is 41.2 Å². The quantitative estimate of drug-likeness (QED) is 0.0178. The van der Waals surface area contributed by atoms with E-state index >= 15 is 0 Å². The topological polar surface area (TPSA) is 501 Å². The molecule has 0 spiro atoms. The predicted octanol–water partition coefficient (Wildman–Crippen LogP) is -2.05. The lowest BCUT2D eigenvalue weighted by molar-refractivity contribution is -0.355. The van der Waals surface area contributed by atoms with Gasteiger partial charge in [0.05, 0.1) is 163 Å². The van der Waals surface area contributed by atoms with Crippen molar-refractivity contribution in [3.8, 4) is 0 Å². The highest BCUT2D eigenvalue weighted by atomic mass is 32.2. The molecule has 0 bridgehead atoms. The highest BCUT2D eigenvalue weighted by Crippen LogP contribution is 2.54. The van der Waals surface area contributed by atoms with Crippen LogP contribution in [0.3, 0.4) is 0 Å². The Morgan fingerprint density at radius 1 is 0.274 bits per heavy atom. The maximum absolute atomic E-state index is 13.1. The van der Waals surface area contributed by atoms with Gasteiger partial charge in [-0.2, -0.15) is 48.8 Å². The molecule has 10 rings (SSSR count). The van der Waals surface area contributed by atoms with Crippen molar-refractivity contribution in [3.05, 3.63) is 0 Å². The van der Waals surface area contributed by atoms with Gasteiger partial charge in [-0.3, -0.25) is 0 Å². The van der Waals surface area contributed by atoms with Crippen LogP contribution in [0.25, 0.3) is 0 Å². The Kier molecular flexibility index (Phi) is 58.4. The second-order valence-corrected chi connectivity index (χ2v) is 40.7. The van der Waals surface area contributed by atoms with Crippen LogP contribution in [0, 0.1) is 11.8 Å². The summed E-state index contributed by atoms with van der Waals surface area (Å²) < 4.78 is 236. The maximum Gasteiger partial charge on any atom is 0.187 e. The molecule has 0 aromatic carbocycles. The fourth-order valence-corrected chi connectivity index (χ4v) is 26.2. The number of hydrogen-bond acceptors (Lipinski definition) is 51. The van der Waals surface area contributed by atoms with Gasteiger partial charge in [0.15, 0.2) is 31.5 Å². The van der Waals surface area contributed by atoms with Gasteiger partial charge in [-0.05, 0) is 20.8 Å². The zero-order valence-corrected chi connectivity index (χ0v) is 94.3. The zero-order chi connectivity index (χ0) is 108. The third kappa shape index (κ3) is 29.7. The van der Waals surface area contributed by atoms with Crippen molar-refractivity contribution in [1.82, 2.24) is 16.0 Å². The molecule has 0 aromatic heterocycles. The van der Waals surface area contributed by atoms with E-state index in [0.29, 0.717) is 18.1 Å². The Hall–Kier alpha value is -0.480. The van der Waals surface area contributed by atoms with Crippen molar-refractivity contribution in [3.63, 3.8) is 0 Å². The van der Waals surface area contributed by atoms with Crippen molar-refractivity contribution in [2.45, 2.75) is 299 Å². The molecule has 8 N–H and O–H groups in total. The first-order valence-electron chi connectivity index (χ1n) is 49.3. The maximum atomic E-state index is 13.1. The largest absolute Gasteiger partial charge is 0.396 e. The molecule has 0 amide bonds. The summed E-state index contributed by atoms with van der Waals surface area (Å²) in [4.78, 5) is 0. The number of methoxy groups -OCH3 is 27. The molecule has 0 radical (unpaired) electrons. The molecule has 146 heavy (non-hydrogen) atoms. The van der Waals surface area contributed by atoms with Crippen molar-refractivity contribution in [1.29, 1.82) is 0 Å². The number of fused-ring (bicyclic) bond motifs is 1. The van der Waals surface area contributed by atoms with Gasteiger partial charge in [0, 0.05) is 227 Å². The van der Waals surface area contributed by atoms with Gasteiger partial charge in [-0.25, -0.2) is 0 Å². The van der Waals surface area contributed by atoms with E-state index in [1.165, 1.54) is 94.6 Å². The summed E-state index contributed by atoms with van der Waals surface area (Å²) in [6, 6.07) is -3.38. The summed E-state index contributed by atoms with van der Waals surface area (Å²) in [5.74, 6) is 1.12. The average molecular weight is 2200 g/mol. The second-order valence-electron chi connectivity index (χ2n) is 37.3. The molecule has 3 saturated carbocycles. The minimum Gasteiger partial charge on any atom is -0.396 e. The molecular weight excluding hydrogens is 2020 g/mol. The summed E-state index contributed by atoms with van der Waals surface area (Å²) in [7, 11) is 42.0. The minimum absolute atomic E-state index is 0.113. The first-order chi connectivity index (χ1) is 70.6. The third-order valence-corrected chi connectivity index (χ3v) is 33.1. The second kappa shape index (κ2) is 65.3. The molecule has 3 aliphatic carbocycles. The highest BCUT2D eigenvalue weighted by molar-refractivity contribution is 8.00. The Morgan fingerprint density at radius 3 is 0.911 bits per heavy atom. The van der Waals surface area contributed by atoms with E-state index in [1.54, 1.807) is 121 Å². The van der Waals surface area contributed by atoms with E-state index in [-0.39, 0.29) is 83.6 Å². The van der Waals surface area contributed by atoms with Crippen LogP contribution in [0.4, 0.5) is 0 Å². The number of aliphatic hydroxyl groups excluding tert-OH is 3. The first-order valence-corrected chi connectivity index (χ1v) is 52.7. The Bertz CT molecular complexity index is 3340. The molecule has 21 unspecified atom stereocenters. The molecule has 51 heteroatoms. The van der Waals surface area contributed by atoms with Crippen LogP contribution in [-0.2, 0) is 185 Å². The number of thioether (sulfide) groups is 2. The SMILES string of the molecule is COCC1O[C@@H](OC)C(OC)[C@H](OC)[C@H]1O[C@@H]1OC(C)[C@H](N[C@H]2C(OC)[C@H](OC)[C@@H](CO)C3(COC)OC23)[C@@H](OC)C1OC.COCC1O[C@H](CO)C(OC)[C@@H](OC)[C@@H]1O[C@H]1OC(C)[C@@H](N[C@@H]2C(OC)[C@@H](OC)[C@H](OC)C(O)(COC)C2SCCOCCSC2[C@@H](N[C@H]3C(C)O[C@@H](O[C@H]4C(COC)O[C@@H](OC)C(OC)[C@@H]4OC)C(OC)[C@@H]3OC)C(OC)[C@H](OC)[C@@H](CO)C2(O)COC)[C@H](OC)C1OC.SCCOCCS. The van der Waals surface area contributed by atoms with E-state index in [4.69, 9.17) is 185 Å². The minimum atomic E-state index is -1.71. The molecule has 7 heterocycles. The standard InChI is InChI=1S/C62H116N2O29S2.C29H53NO14.C4H10OS2/c1-31-37(45(75-9)53(83-17)60(89-31)93-44-36(28-70-4)91-58(86-20)54(84-18)50(44)80-14)63-39-47(77-11)41(73-7)33(25-65)61(67,29-71-5)56(39)94-23-21-87-22-24-95-57-40(48(78-12)51(81-15)55(85-19)62(57,68)30-72-6)64-38-32(2)88-59(52(82-16)46(38)76-10)92-43-35(27-69-3)90-34(26-66)42(74-8)49(43)79-13;1-14-17(30-18-22(36-6)19(34-4)15(11-31)29(13-33-3)26(18)44-29)21(35-5)24(38-8)28(41-14)43-20-16(12-32-2)42-27(40-10)25(39-9)23(20)37-7;6-3-1-5-2-4-7/h31-60,63-68H,21-30H2,1-20H3;14-28,30-31H,11-13H2,1-10H3;6-7H,1-4H2/t31?,32?,33-,34-,35?,36?,37+,38-,39+,40-,41-,42?,43-,44+,45-,46+,47?,48?,49-,50-,51-,52?,53?,54?,55+,56?,57?,58-,59-,60+,61?,62?;14?,15-,16?,17+,18+,19-,20+,21-,22?,23-,24?,25?,26?,27-,28+,29?;/m11./s1. The Morgan fingerprint density at radius 2 is 0.582 bits per heavy atom. The Balaban J connectivity index is 0.000000419. The van der Waals surface area contributed by atoms with Gasteiger partial charge in [0.25, 0.3) is 0 Å². The molecule has 48 atom stereocenters. The molecule has 862 valence electrons. The van der Waals surface area contributed by atoms with Crippen molar-refractivity contribution < 1.29 is 210 Å². The van der Waals surface area contributed by atoms with E-state index in [9.17, 15) is 25.5 Å². The van der Waals surface area contributed by atoms with Crippen LogP contribution in [0.2, 0.25) is 0 Å². The van der Waals surface area contributed by atoms with E-state index in [0.717, 1.165) is 24.7 Å². The number of epoxide rings is 1. The van der Waals surface area contributed by atoms with Gasteiger partial charge in [0.1, 0.15) is 169 Å². The summed E-state index contributed by atoms with van der Waals surface area (Å²) in [6.07, 6.45) is -24.3. The van der Waals surface area contributed by atoms with Crippen LogP contribution in [0.1, 0.15) is 20.8 Å². The number of hydrogen-bond donors (Lipinski definition) is 10.